The molecule has 232 valence electrons. The lowest BCUT2D eigenvalue weighted by molar-refractivity contribution is -0.177. The maximum atomic E-state index is 13.3. The van der Waals surface area contributed by atoms with E-state index in [1.807, 2.05) is 0 Å². The smallest absolute Gasteiger partial charge is 0.504 e. The SMILES string of the molecule is O=C1CC[C@@]2(OC(=O)OCCCCl)[C@H]3Cc4ccc(OC(=O)OCCCCl)c(O)c4[C@@]2(CCN3C(=O)OCCCCl)C1. The van der Waals surface area contributed by atoms with E-state index in [0.29, 0.717) is 42.1 Å². The standard InChI is InChI=1S/C28H34Cl3NO10/c29-9-1-13-38-24(35)32-12-8-27-17-19(33)6-7-28(27,42-26(37)40-15-3-11-31)21(32)16-18-4-5-20(23(34)22(18)27)41-25(36)39-14-2-10-30/h4-5,21,34H,1-3,6-17H2/t21-,27-,28-/m1/s1. The number of amides is 1. The molecule has 0 aromatic heterocycles. The minimum absolute atomic E-state index is 0.0187. The van der Waals surface area contributed by atoms with Crippen LogP contribution in [0.4, 0.5) is 14.4 Å². The number of piperidine rings is 1. The van der Waals surface area contributed by atoms with Crippen LogP contribution in [-0.4, -0.2) is 89.8 Å². The van der Waals surface area contributed by atoms with Crippen molar-refractivity contribution in [2.24, 2.45) is 0 Å². The first kappa shape index (κ1) is 32.3. The van der Waals surface area contributed by atoms with Crippen LogP contribution < -0.4 is 4.74 Å². The third kappa shape index (κ3) is 6.33. The molecule has 42 heavy (non-hydrogen) atoms. The Morgan fingerprint density at radius 3 is 2.24 bits per heavy atom. The minimum atomic E-state index is -1.45. The number of phenols is 1. The molecule has 1 aliphatic heterocycles. The highest BCUT2D eigenvalue weighted by molar-refractivity contribution is 6.18. The van der Waals surface area contributed by atoms with Crippen molar-refractivity contribution in [1.82, 2.24) is 4.90 Å². The van der Waals surface area contributed by atoms with Crippen LogP contribution in [0.3, 0.4) is 0 Å². The van der Waals surface area contributed by atoms with E-state index in [1.54, 1.807) is 6.07 Å². The van der Waals surface area contributed by atoms with Crippen LogP contribution in [0.15, 0.2) is 12.1 Å². The molecule has 11 nitrogen and oxygen atoms in total. The molecule has 1 saturated carbocycles. The molecule has 0 spiro atoms. The summed E-state index contributed by atoms with van der Waals surface area (Å²) in [5, 5.41) is 11.6. The van der Waals surface area contributed by atoms with Gasteiger partial charge < -0.3 is 33.7 Å². The number of benzene rings is 1. The van der Waals surface area contributed by atoms with Crippen molar-refractivity contribution in [3.05, 3.63) is 23.3 Å². The van der Waals surface area contributed by atoms with E-state index >= 15 is 0 Å². The largest absolute Gasteiger partial charge is 0.513 e. The van der Waals surface area contributed by atoms with Crippen molar-refractivity contribution in [3.8, 4) is 11.5 Å². The summed E-state index contributed by atoms with van der Waals surface area (Å²) in [7, 11) is 0. The Labute approximate surface area is 258 Å². The molecular formula is C28H34Cl3NO10. The fraction of sp³-hybridized carbons (Fsp3) is 0.643. The van der Waals surface area contributed by atoms with Crippen LogP contribution >= 0.6 is 34.8 Å². The van der Waals surface area contributed by atoms with Gasteiger partial charge in [-0.3, -0.25) is 4.79 Å². The Balaban J connectivity index is 1.78. The van der Waals surface area contributed by atoms with Crippen molar-refractivity contribution in [1.29, 1.82) is 0 Å². The molecule has 2 aliphatic carbocycles. The fourth-order valence-electron chi connectivity index (χ4n) is 6.40. The third-order valence-corrected chi connectivity index (χ3v) is 8.89. The highest BCUT2D eigenvalue weighted by atomic mass is 35.5. The highest BCUT2D eigenvalue weighted by Gasteiger charge is 2.70. The van der Waals surface area contributed by atoms with Gasteiger partial charge in [-0.1, -0.05) is 6.07 Å². The summed E-state index contributed by atoms with van der Waals surface area (Å²) < 4.78 is 27.3. The highest BCUT2D eigenvalue weighted by Crippen LogP contribution is 2.62. The van der Waals surface area contributed by atoms with Crippen LogP contribution in [0.2, 0.25) is 0 Å². The topological polar surface area (TPSA) is 138 Å². The van der Waals surface area contributed by atoms with E-state index in [4.69, 9.17) is 58.5 Å². The molecule has 1 aromatic carbocycles. The molecule has 0 unspecified atom stereocenters. The average Bonchev–Trinajstić information content (AvgIpc) is 2.95. The maximum absolute atomic E-state index is 13.3. The second kappa shape index (κ2) is 14.2. The summed E-state index contributed by atoms with van der Waals surface area (Å²) in [6.07, 6.45) is -0.894. The summed E-state index contributed by atoms with van der Waals surface area (Å²) in [5.74, 6) is 0.261. The lowest BCUT2D eigenvalue weighted by Gasteiger charge is -2.63. The summed E-state index contributed by atoms with van der Waals surface area (Å²) in [5.41, 5.74) is -1.75. The zero-order valence-electron chi connectivity index (χ0n) is 23.0. The zero-order chi connectivity index (χ0) is 30.3. The molecule has 1 N–H and O–H groups in total. The number of carbonyl (C=O) groups excluding carboxylic acids is 4. The van der Waals surface area contributed by atoms with Crippen LogP contribution in [-0.2, 0) is 35.6 Å². The predicted molar refractivity (Wildman–Crippen MR) is 152 cm³/mol. The van der Waals surface area contributed by atoms with Crippen LogP contribution in [0.1, 0.15) is 56.1 Å². The summed E-state index contributed by atoms with van der Waals surface area (Å²) in [6, 6.07) is 2.35. The molecule has 0 radical (unpaired) electrons. The minimum Gasteiger partial charge on any atom is -0.504 e. The van der Waals surface area contributed by atoms with Gasteiger partial charge in [0.1, 0.15) is 11.4 Å². The predicted octanol–water partition coefficient (Wildman–Crippen LogP) is 5.44. The monoisotopic (exact) mass is 649 g/mol. The Morgan fingerprint density at radius 1 is 0.929 bits per heavy atom. The average molecular weight is 651 g/mol. The van der Waals surface area contributed by atoms with E-state index in [1.165, 1.54) is 11.0 Å². The Morgan fingerprint density at radius 2 is 1.57 bits per heavy atom. The first-order valence-corrected chi connectivity index (χ1v) is 15.5. The summed E-state index contributed by atoms with van der Waals surface area (Å²) in [4.78, 5) is 53.3. The van der Waals surface area contributed by atoms with Gasteiger partial charge in [0.05, 0.1) is 31.3 Å². The quantitative estimate of drug-likeness (QED) is 0.108. The van der Waals surface area contributed by atoms with Crippen molar-refractivity contribution >= 4 is 59.0 Å². The van der Waals surface area contributed by atoms with E-state index in [-0.39, 0.29) is 81.6 Å². The Bertz CT molecular complexity index is 1180. The number of nitrogens with zero attached hydrogens (tertiary/aromatic N) is 1. The van der Waals surface area contributed by atoms with Crippen molar-refractivity contribution in [3.63, 3.8) is 0 Å². The molecule has 3 atom stereocenters. The van der Waals surface area contributed by atoms with E-state index in [2.05, 4.69) is 0 Å². The second-order valence-electron chi connectivity index (χ2n) is 10.4. The molecule has 1 amide bonds. The first-order chi connectivity index (χ1) is 20.2. The number of halogens is 3. The number of hydrogen-bond acceptors (Lipinski definition) is 10. The normalized spacial score (nSPS) is 24.2. The van der Waals surface area contributed by atoms with E-state index < -0.39 is 35.5 Å². The van der Waals surface area contributed by atoms with Gasteiger partial charge in [-0.15, -0.1) is 34.8 Å². The lowest BCUT2D eigenvalue weighted by atomic mass is 9.49. The number of Topliss-reactive ketones (excluding diaryl/α,β-unsaturated/α-hetero) is 1. The van der Waals surface area contributed by atoms with Crippen LogP contribution in [0, 0.1) is 0 Å². The second-order valence-corrected chi connectivity index (χ2v) is 11.6. The number of hydrogen-bond donors (Lipinski definition) is 1. The lowest BCUT2D eigenvalue weighted by Crippen LogP contribution is -2.75. The Hall–Kier alpha value is -2.63. The number of carbonyl (C=O) groups is 4. The number of aromatic hydroxyl groups is 1. The molecule has 3 aliphatic rings. The first-order valence-electron chi connectivity index (χ1n) is 13.9. The zero-order valence-corrected chi connectivity index (χ0v) is 25.3. The number of phenolic OH excluding ortho intramolecular Hbond substituents is 1. The summed E-state index contributed by atoms with van der Waals surface area (Å²) >= 11 is 17.1. The molecule has 2 bridgehead atoms. The van der Waals surface area contributed by atoms with Gasteiger partial charge in [0, 0.05) is 42.6 Å². The van der Waals surface area contributed by atoms with Crippen LogP contribution in [0.25, 0.3) is 0 Å². The number of fused-ring (bicyclic) bond motifs is 1. The van der Waals surface area contributed by atoms with Crippen molar-refractivity contribution in [2.75, 3.05) is 44.0 Å². The van der Waals surface area contributed by atoms with E-state index in [0.717, 1.165) is 0 Å². The van der Waals surface area contributed by atoms with Gasteiger partial charge in [-0.25, -0.2) is 14.4 Å². The van der Waals surface area contributed by atoms with Gasteiger partial charge in [-0.2, -0.15) is 0 Å². The van der Waals surface area contributed by atoms with Gasteiger partial charge in [-0.05, 0) is 50.2 Å². The van der Waals surface area contributed by atoms with Gasteiger partial charge in [0.25, 0.3) is 0 Å². The van der Waals surface area contributed by atoms with Gasteiger partial charge in [0.15, 0.2) is 11.5 Å². The van der Waals surface area contributed by atoms with Gasteiger partial charge >= 0.3 is 18.4 Å². The number of likely N-dealkylation sites (tertiary alicyclic amines) is 1. The molecule has 1 heterocycles. The molecule has 14 heteroatoms. The fourth-order valence-corrected chi connectivity index (χ4v) is 6.73. The van der Waals surface area contributed by atoms with Gasteiger partial charge in [0.2, 0.25) is 0 Å². The molecule has 1 aromatic rings. The third-order valence-electron chi connectivity index (χ3n) is 8.09. The molecular weight excluding hydrogens is 617 g/mol. The molecule has 2 fully saturated rings. The Kier molecular flexibility index (Phi) is 10.9. The number of alkyl halides is 3. The number of ether oxygens (including phenoxy) is 5. The van der Waals surface area contributed by atoms with E-state index in [9.17, 15) is 24.3 Å². The molecule has 4 rings (SSSR count). The number of ketones is 1. The number of rotatable bonds is 11. The maximum Gasteiger partial charge on any atom is 0.513 e. The van der Waals surface area contributed by atoms with Crippen LogP contribution in [0.5, 0.6) is 11.5 Å². The van der Waals surface area contributed by atoms with Crippen molar-refractivity contribution in [2.45, 2.75) is 68.4 Å². The molecule has 1 saturated heterocycles. The summed E-state index contributed by atoms with van der Waals surface area (Å²) in [6.45, 7) is 0.329. The van der Waals surface area contributed by atoms with Crippen molar-refractivity contribution < 1.29 is 48.0 Å².